The Labute approximate surface area is 149 Å². The second kappa shape index (κ2) is 7.09. The van der Waals surface area contributed by atoms with Crippen LogP contribution in [0.4, 0.5) is 0 Å². The summed E-state index contributed by atoms with van der Waals surface area (Å²) in [6, 6.07) is 11.2. The van der Waals surface area contributed by atoms with Crippen molar-refractivity contribution in [3.8, 4) is 11.3 Å². The van der Waals surface area contributed by atoms with Gasteiger partial charge in [-0.2, -0.15) is 0 Å². The molecule has 0 atom stereocenters. The predicted octanol–water partition coefficient (Wildman–Crippen LogP) is 1.94. The van der Waals surface area contributed by atoms with Gasteiger partial charge in [-0.05, 0) is 12.8 Å². The molecule has 1 saturated carbocycles. The molecule has 2 heterocycles. The monoisotopic (exact) mass is 354 g/mol. The number of carbonyl (C=O) groups is 1. The largest absolute Gasteiger partial charge is 0.425 e. The fourth-order valence-electron chi connectivity index (χ4n) is 2.95. The van der Waals surface area contributed by atoms with E-state index in [2.05, 4.69) is 20.7 Å². The van der Waals surface area contributed by atoms with Crippen LogP contribution in [0.5, 0.6) is 0 Å². The number of amides is 1. The Morgan fingerprint density at radius 3 is 2.81 bits per heavy atom. The summed E-state index contributed by atoms with van der Waals surface area (Å²) in [5, 5.41) is 23.6. The van der Waals surface area contributed by atoms with Crippen LogP contribution in [0.15, 0.2) is 45.3 Å². The van der Waals surface area contributed by atoms with Crippen molar-refractivity contribution < 1.29 is 18.8 Å². The van der Waals surface area contributed by atoms with Crippen molar-refractivity contribution in [2.75, 3.05) is 6.61 Å². The lowest BCUT2D eigenvalue weighted by molar-refractivity contribution is 0.0893. The van der Waals surface area contributed by atoms with Crippen molar-refractivity contribution in [1.29, 1.82) is 0 Å². The average molecular weight is 354 g/mol. The number of aliphatic hydroxyl groups is 1. The van der Waals surface area contributed by atoms with Crippen molar-refractivity contribution >= 4 is 5.91 Å². The van der Waals surface area contributed by atoms with Crippen molar-refractivity contribution in [2.45, 2.75) is 31.2 Å². The van der Waals surface area contributed by atoms with Gasteiger partial charge in [0.2, 0.25) is 11.8 Å². The minimum Gasteiger partial charge on any atom is -0.425 e. The first-order valence-corrected chi connectivity index (χ1v) is 8.49. The lowest BCUT2D eigenvalue weighted by Gasteiger charge is -2.33. The van der Waals surface area contributed by atoms with Crippen molar-refractivity contribution in [1.82, 2.24) is 20.7 Å². The molecule has 26 heavy (non-hydrogen) atoms. The quantitative estimate of drug-likeness (QED) is 0.695. The van der Waals surface area contributed by atoms with Crippen molar-refractivity contribution in [3.05, 3.63) is 53.9 Å². The normalized spacial score (nSPS) is 19.1. The van der Waals surface area contributed by atoms with Gasteiger partial charge in [-0.3, -0.25) is 4.79 Å². The zero-order valence-electron chi connectivity index (χ0n) is 14.0. The number of aromatic nitrogens is 3. The Bertz CT molecular complexity index is 884. The van der Waals surface area contributed by atoms with Gasteiger partial charge in [0.15, 0.2) is 11.5 Å². The minimum atomic E-state index is -0.258. The minimum absolute atomic E-state index is 0.0202. The first kappa shape index (κ1) is 16.5. The molecule has 4 rings (SSSR count). The van der Waals surface area contributed by atoms with Gasteiger partial charge in [0, 0.05) is 30.0 Å². The Morgan fingerprint density at radius 1 is 1.23 bits per heavy atom. The van der Waals surface area contributed by atoms with E-state index in [9.17, 15) is 4.79 Å². The molecule has 0 unspecified atom stereocenters. The van der Waals surface area contributed by atoms with Crippen molar-refractivity contribution in [2.24, 2.45) is 0 Å². The summed E-state index contributed by atoms with van der Waals surface area (Å²) in [6.45, 7) is -0.0202. The molecule has 1 aliphatic carbocycles. The lowest BCUT2D eigenvalue weighted by Crippen LogP contribution is -2.43. The molecule has 0 spiro atoms. The molecule has 134 valence electrons. The molecule has 8 nitrogen and oxygen atoms in total. The highest BCUT2D eigenvalue weighted by molar-refractivity contribution is 5.93. The maximum absolute atomic E-state index is 12.3. The highest BCUT2D eigenvalue weighted by Gasteiger charge is 2.35. The second-order valence-corrected chi connectivity index (χ2v) is 6.29. The van der Waals surface area contributed by atoms with Crippen molar-refractivity contribution in [3.63, 3.8) is 0 Å². The van der Waals surface area contributed by atoms with E-state index in [-0.39, 0.29) is 30.2 Å². The van der Waals surface area contributed by atoms with Gasteiger partial charge in [0.25, 0.3) is 5.91 Å². The van der Waals surface area contributed by atoms with Crippen LogP contribution < -0.4 is 5.32 Å². The zero-order chi connectivity index (χ0) is 17.9. The van der Waals surface area contributed by atoms with Crippen LogP contribution in [-0.2, 0) is 6.42 Å². The average Bonchev–Trinajstić information content (AvgIpc) is 3.28. The molecule has 2 N–H and O–H groups in total. The second-order valence-electron chi connectivity index (χ2n) is 6.29. The first-order valence-electron chi connectivity index (χ1n) is 8.49. The SMILES string of the molecule is O=C(NC1CC(c2nnc(CCO)o2)C1)c1cc(-c2ccccc2)on1. The third-order valence-electron chi connectivity index (χ3n) is 4.43. The molecule has 2 aromatic heterocycles. The van der Waals surface area contributed by atoms with Crippen LogP contribution >= 0.6 is 0 Å². The summed E-state index contributed by atoms with van der Waals surface area (Å²) < 4.78 is 10.8. The van der Waals surface area contributed by atoms with Crippen LogP contribution in [-0.4, -0.2) is 39.0 Å². The molecule has 0 radical (unpaired) electrons. The Balaban J connectivity index is 1.32. The molecular formula is C18H18N4O4. The van der Waals surface area contributed by atoms with E-state index in [0.717, 1.165) is 18.4 Å². The number of benzene rings is 1. The number of nitrogens with one attached hydrogen (secondary N) is 1. The van der Waals surface area contributed by atoms with Gasteiger partial charge in [-0.1, -0.05) is 35.5 Å². The predicted molar refractivity (Wildman–Crippen MR) is 90.3 cm³/mol. The molecule has 1 aromatic carbocycles. The summed E-state index contributed by atoms with van der Waals surface area (Å²) >= 11 is 0. The Kier molecular flexibility index (Phi) is 4.49. The first-order chi connectivity index (χ1) is 12.7. The fraction of sp³-hybridized carbons (Fsp3) is 0.333. The van der Waals surface area contributed by atoms with E-state index in [1.165, 1.54) is 0 Å². The van der Waals surface area contributed by atoms with Gasteiger partial charge in [0.1, 0.15) is 0 Å². The third kappa shape index (κ3) is 3.36. The Hall–Kier alpha value is -3.00. The van der Waals surface area contributed by atoms with E-state index in [1.807, 2.05) is 30.3 Å². The highest BCUT2D eigenvalue weighted by Crippen LogP contribution is 2.36. The van der Waals surface area contributed by atoms with Gasteiger partial charge in [-0.15, -0.1) is 10.2 Å². The lowest BCUT2D eigenvalue weighted by atomic mass is 9.80. The van der Waals surface area contributed by atoms with E-state index < -0.39 is 0 Å². The van der Waals surface area contributed by atoms with Gasteiger partial charge in [-0.25, -0.2) is 0 Å². The molecular weight excluding hydrogens is 336 g/mol. The summed E-state index contributed by atoms with van der Waals surface area (Å²) in [5.41, 5.74) is 1.13. The van der Waals surface area contributed by atoms with Crippen LogP contribution in [0, 0.1) is 0 Å². The maximum Gasteiger partial charge on any atom is 0.273 e. The van der Waals surface area contributed by atoms with E-state index in [1.54, 1.807) is 6.07 Å². The van der Waals surface area contributed by atoms with Crippen LogP contribution in [0.25, 0.3) is 11.3 Å². The summed E-state index contributed by atoms with van der Waals surface area (Å²) in [4.78, 5) is 12.3. The number of hydrogen-bond acceptors (Lipinski definition) is 7. The standard InChI is InChI=1S/C18H18N4O4/c23-7-6-16-20-21-18(25-16)12-8-13(9-12)19-17(24)14-10-15(26-22-14)11-4-2-1-3-5-11/h1-5,10,12-13,23H,6-9H2,(H,19,24). The molecule has 1 fully saturated rings. The highest BCUT2D eigenvalue weighted by atomic mass is 16.5. The third-order valence-corrected chi connectivity index (χ3v) is 4.43. The zero-order valence-corrected chi connectivity index (χ0v) is 14.0. The van der Waals surface area contributed by atoms with Crippen LogP contribution in [0.1, 0.15) is 41.0 Å². The smallest absolute Gasteiger partial charge is 0.273 e. The fourth-order valence-corrected chi connectivity index (χ4v) is 2.95. The topological polar surface area (TPSA) is 114 Å². The summed E-state index contributed by atoms with van der Waals surface area (Å²) in [5.74, 6) is 1.44. The maximum atomic E-state index is 12.3. The number of nitrogens with zero attached hydrogens (tertiary/aromatic N) is 3. The molecule has 1 amide bonds. The molecule has 3 aromatic rings. The van der Waals surface area contributed by atoms with E-state index in [0.29, 0.717) is 24.0 Å². The van der Waals surface area contributed by atoms with Gasteiger partial charge in [0.05, 0.1) is 6.61 Å². The molecule has 0 aliphatic heterocycles. The number of hydrogen-bond donors (Lipinski definition) is 2. The Morgan fingerprint density at radius 2 is 2.04 bits per heavy atom. The number of rotatable bonds is 6. The molecule has 1 aliphatic rings. The number of aliphatic hydroxyl groups excluding tert-OH is 1. The van der Waals surface area contributed by atoms with Gasteiger partial charge < -0.3 is 19.4 Å². The van der Waals surface area contributed by atoms with E-state index >= 15 is 0 Å². The summed E-state index contributed by atoms with van der Waals surface area (Å²) in [6.07, 6.45) is 1.82. The molecule has 8 heteroatoms. The van der Waals surface area contributed by atoms with Crippen LogP contribution in [0.3, 0.4) is 0 Å². The number of carbonyl (C=O) groups excluding carboxylic acids is 1. The van der Waals surface area contributed by atoms with Gasteiger partial charge >= 0.3 is 0 Å². The van der Waals surface area contributed by atoms with E-state index in [4.69, 9.17) is 14.0 Å². The molecule has 0 bridgehead atoms. The summed E-state index contributed by atoms with van der Waals surface area (Å²) in [7, 11) is 0. The molecule has 0 saturated heterocycles. The van der Waals surface area contributed by atoms with Crippen LogP contribution in [0.2, 0.25) is 0 Å².